The van der Waals surface area contributed by atoms with Crippen molar-refractivity contribution in [1.82, 2.24) is 15.1 Å². The van der Waals surface area contributed by atoms with Gasteiger partial charge in [-0.2, -0.15) is 0 Å². The van der Waals surface area contributed by atoms with E-state index >= 15 is 0 Å². The largest absolute Gasteiger partial charge is 0.315 e. The standard InChI is InChI=1S/C14H33N3/c1-7-9-10-15-11-13(3)17(8-2)14(4)12-16(5)6/h13-15H,7-12H2,1-6H3. The number of unbranched alkanes of at least 4 members (excludes halogenated alkanes) is 1. The monoisotopic (exact) mass is 243 g/mol. The van der Waals surface area contributed by atoms with Crippen LogP contribution in [0.2, 0.25) is 0 Å². The van der Waals surface area contributed by atoms with Gasteiger partial charge in [0.2, 0.25) is 0 Å². The number of hydrogen-bond acceptors (Lipinski definition) is 3. The van der Waals surface area contributed by atoms with Gasteiger partial charge in [0.25, 0.3) is 0 Å². The van der Waals surface area contributed by atoms with Gasteiger partial charge in [-0.25, -0.2) is 0 Å². The molecule has 0 aliphatic heterocycles. The second-order valence-electron chi connectivity index (χ2n) is 5.35. The molecule has 0 saturated heterocycles. The van der Waals surface area contributed by atoms with Crippen molar-refractivity contribution < 1.29 is 0 Å². The van der Waals surface area contributed by atoms with Gasteiger partial charge in [-0.3, -0.25) is 4.90 Å². The maximum absolute atomic E-state index is 3.55. The van der Waals surface area contributed by atoms with Crippen LogP contribution in [-0.2, 0) is 0 Å². The minimum atomic E-state index is 0.617. The first-order valence-corrected chi connectivity index (χ1v) is 7.14. The van der Waals surface area contributed by atoms with Gasteiger partial charge < -0.3 is 10.2 Å². The van der Waals surface area contributed by atoms with Crippen LogP contribution in [0.4, 0.5) is 0 Å². The summed E-state index contributed by atoms with van der Waals surface area (Å²) in [4.78, 5) is 4.85. The number of hydrogen-bond donors (Lipinski definition) is 1. The van der Waals surface area contributed by atoms with Gasteiger partial charge >= 0.3 is 0 Å². The molecule has 3 nitrogen and oxygen atoms in total. The Morgan fingerprint density at radius 2 is 1.71 bits per heavy atom. The molecule has 0 amide bonds. The van der Waals surface area contributed by atoms with Gasteiger partial charge in [0.1, 0.15) is 0 Å². The molecular formula is C14H33N3. The Hall–Kier alpha value is -0.120. The highest BCUT2D eigenvalue weighted by Crippen LogP contribution is 2.05. The number of rotatable bonds is 10. The summed E-state index contributed by atoms with van der Waals surface area (Å²) in [5.74, 6) is 0. The summed E-state index contributed by atoms with van der Waals surface area (Å²) in [6, 6.07) is 1.24. The maximum atomic E-state index is 3.55. The van der Waals surface area contributed by atoms with E-state index in [2.05, 4.69) is 56.9 Å². The van der Waals surface area contributed by atoms with E-state index in [1.54, 1.807) is 0 Å². The quantitative estimate of drug-likeness (QED) is 0.592. The molecule has 0 rings (SSSR count). The molecule has 0 heterocycles. The first-order valence-electron chi connectivity index (χ1n) is 7.14. The molecule has 0 aromatic heterocycles. The van der Waals surface area contributed by atoms with Crippen LogP contribution in [0.1, 0.15) is 40.5 Å². The molecule has 0 fully saturated rings. The van der Waals surface area contributed by atoms with Crippen LogP contribution in [0.15, 0.2) is 0 Å². The van der Waals surface area contributed by atoms with E-state index in [0.717, 1.165) is 26.2 Å². The molecule has 0 bridgehead atoms. The Morgan fingerprint density at radius 3 is 2.18 bits per heavy atom. The van der Waals surface area contributed by atoms with E-state index in [9.17, 15) is 0 Å². The number of nitrogens with one attached hydrogen (secondary N) is 1. The van der Waals surface area contributed by atoms with Crippen molar-refractivity contribution in [2.75, 3.05) is 40.3 Å². The van der Waals surface area contributed by atoms with E-state index in [0.29, 0.717) is 12.1 Å². The van der Waals surface area contributed by atoms with E-state index in [1.807, 2.05) is 0 Å². The fourth-order valence-corrected chi connectivity index (χ4v) is 2.42. The first-order chi connectivity index (χ1) is 8.02. The van der Waals surface area contributed by atoms with Crippen molar-refractivity contribution in [3.63, 3.8) is 0 Å². The normalized spacial score (nSPS) is 15.5. The van der Waals surface area contributed by atoms with Gasteiger partial charge in [0.15, 0.2) is 0 Å². The highest BCUT2D eigenvalue weighted by Gasteiger charge is 2.18. The van der Waals surface area contributed by atoms with Crippen molar-refractivity contribution in [2.45, 2.75) is 52.6 Å². The fraction of sp³-hybridized carbons (Fsp3) is 1.00. The molecule has 0 saturated carbocycles. The predicted octanol–water partition coefficient (Wildman–Crippen LogP) is 2.04. The van der Waals surface area contributed by atoms with Crippen LogP contribution < -0.4 is 5.32 Å². The second-order valence-corrected chi connectivity index (χ2v) is 5.35. The zero-order valence-corrected chi connectivity index (χ0v) is 12.8. The lowest BCUT2D eigenvalue weighted by Crippen LogP contribution is -2.48. The minimum Gasteiger partial charge on any atom is -0.315 e. The van der Waals surface area contributed by atoms with Gasteiger partial charge in [-0.15, -0.1) is 0 Å². The molecule has 0 aliphatic rings. The van der Waals surface area contributed by atoms with E-state index < -0.39 is 0 Å². The van der Waals surface area contributed by atoms with E-state index in [1.165, 1.54) is 12.8 Å². The van der Waals surface area contributed by atoms with Crippen molar-refractivity contribution in [1.29, 1.82) is 0 Å². The Balaban J connectivity index is 3.97. The Morgan fingerprint density at radius 1 is 1.06 bits per heavy atom. The molecule has 1 N–H and O–H groups in total. The third-order valence-electron chi connectivity index (χ3n) is 3.27. The smallest absolute Gasteiger partial charge is 0.0197 e. The average molecular weight is 243 g/mol. The SMILES string of the molecule is CCCCNCC(C)N(CC)C(C)CN(C)C. The summed E-state index contributed by atoms with van der Waals surface area (Å²) < 4.78 is 0. The average Bonchev–Trinajstić information content (AvgIpc) is 2.24. The fourth-order valence-electron chi connectivity index (χ4n) is 2.42. The Labute approximate surface area is 109 Å². The van der Waals surface area contributed by atoms with Gasteiger partial charge in [-0.1, -0.05) is 20.3 Å². The first kappa shape index (κ1) is 16.9. The molecular weight excluding hydrogens is 210 g/mol. The van der Waals surface area contributed by atoms with Crippen LogP contribution >= 0.6 is 0 Å². The summed E-state index contributed by atoms with van der Waals surface area (Å²) in [6.07, 6.45) is 2.56. The van der Waals surface area contributed by atoms with Crippen molar-refractivity contribution in [2.24, 2.45) is 0 Å². The van der Waals surface area contributed by atoms with Crippen molar-refractivity contribution in [3.8, 4) is 0 Å². The molecule has 0 aromatic carbocycles. The Kier molecular flexibility index (Phi) is 9.79. The molecule has 104 valence electrons. The second kappa shape index (κ2) is 9.86. The van der Waals surface area contributed by atoms with Crippen LogP contribution in [0.25, 0.3) is 0 Å². The summed E-state index contributed by atoms with van der Waals surface area (Å²) in [5, 5.41) is 3.55. The lowest BCUT2D eigenvalue weighted by atomic mass is 10.2. The predicted molar refractivity (Wildman–Crippen MR) is 77.6 cm³/mol. The summed E-state index contributed by atoms with van der Waals surface area (Å²) >= 11 is 0. The molecule has 3 heteroatoms. The topological polar surface area (TPSA) is 18.5 Å². The number of likely N-dealkylation sites (N-methyl/N-ethyl adjacent to an activating group) is 2. The molecule has 2 unspecified atom stereocenters. The summed E-state index contributed by atoms with van der Waals surface area (Å²) in [7, 11) is 4.29. The van der Waals surface area contributed by atoms with Crippen molar-refractivity contribution >= 4 is 0 Å². The minimum absolute atomic E-state index is 0.617. The van der Waals surface area contributed by atoms with Crippen LogP contribution in [-0.4, -0.2) is 62.2 Å². The molecule has 17 heavy (non-hydrogen) atoms. The summed E-state index contributed by atoms with van der Waals surface area (Å²) in [6.45, 7) is 13.7. The number of nitrogens with zero attached hydrogens (tertiary/aromatic N) is 2. The van der Waals surface area contributed by atoms with Crippen LogP contribution in [0.5, 0.6) is 0 Å². The molecule has 0 aromatic rings. The van der Waals surface area contributed by atoms with E-state index in [-0.39, 0.29) is 0 Å². The lowest BCUT2D eigenvalue weighted by molar-refractivity contribution is 0.135. The zero-order valence-electron chi connectivity index (χ0n) is 12.8. The van der Waals surface area contributed by atoms with Crippen LogP contribution in [0.3, 0.4) is 0 Å². The maximum Gasteiger partial charge on any atom is 0.0197 e. The van der Waals surface area contributed by atoms with Gasteiger partial charge in [0.05, 0.1) is 0 Å². The highest BCUT2D eigenvalue weighted by atomic mass is 15.2. The third kappa shape index (κ3) is 7.74. The molecule has 0 aliphatic carbocycles. The van der Waals surface area contributed by atoms with Crippen molar-refractivity contribution in [3.05, 3.63) is 0 Å². The van der Waals surface area contributed by atoms with Gasteiger partial charge in [-0.05, 0) is 47.5 Å². The zero-order chi connectivity index (χ0) is 13.3. The lowest BCUT2D eigenvalue weighted by Gasteiger charge is -2.35. The Bertz CT molecular complexity index is 171. The molecule has 2 atom stereocenters. The highest BCUT2D eigenvalue weighted by molar-refractivity contribution is 4.75. The summed E-state index contributed by atoms with van der Waals surface area (Å²) in [5.41, 5.74) is 0. The van der Waals surface area contributed by atoms with Gasteiger partial charge in [0, 0.05) is 25.2 Å². The molecule has 0 spiro atoms. The van der Waals surface area contributed by atoms with Crippen LogP contribution in [0, 0.1) is 0 Å². The third-order valence-corrected chi connectivity index (χ3v) is 3.27. The molecule has 0 radical (unpaired) electrons. The van der Waals surface area contributed by atoms with E-state index in [4.69, 9.17) is 0 Å².